The Hall–Kier alpha value is -2.77. The number of rotatable bonds is 4. The summed E-state index contributed by atoms with van der Waals surface area (Å²) in [5.41, 5.74) is 5.85. The van der Waals surface area contributed by atoms with Crippen molar-refractivity contribution in [3.8, 4) is 0 Å². The quantitative estimate of drug-likeness (QED) is 0.597. The highest BCUT2D eigenvalue weighted by Gasteiger charge is 2.09. The molecule has 0 unspecified atom stereocenters. The minimum Gasteiger partial charge on any atom is -0.363 e. The molecule has 0 bridgehead atoms. The van der Waals surface area contributed by atoms with E-state index in [0.717, 1.165) is 5.56 Å². The first-order valence-corrected chi connectivity index (χ1v) is 5.00. The number of nitro groups is 1. The molecule has 92 valence electrons. The van der Waals surface area contributed by atoms with Crippen molar-refractivity contribution in [2.24, 2.45) is 5.73 Å². The van der Waals surface area contributed by atoms with E-state index in [1.165, 1.54) is 12.1 Å². The van der Waals surface area contributed by atoms with Gasteiger partial charge in [-0.3, -0.25) is 20.0 Å². The number of carbonyl (C=O) groups is 1. The van der Waals surface area contributed by atoms with Gasteiger partial charge in [0.1, 0.15) is 5.82 Å². The molecule has 8 heteroatoms. The molecule has 1 heterocycles. The molecule has 1 aromatic heterocycles. The molecule has 0 atom stereocenters. The molecule has 2 aromatic rings. The van der Waals surface area contributed by atoms with Gasteiger partial charge < -0.3 is 5.73 Å². The second-order valence-corrected chi connectivity index (χ2v) is 3.57. The minimum absolute atomic E-state index is 0.0224. The first kappa shape index (κ1) is 11.7. The lowest BCUT2D eigenvalue weighted by Crippen LogP contribution is -2.12. The summed E-state index contributed by atoms with van der Waals surface area (Å²) >= 11 is 0. The van der Waals surface area contributed by atoms with Gasteiger partial charge in [-0.15, -0.1) is 5.10 Å². The monoisotopic (exact) mass is 247 g/mol. The summed E-state index contributed by atoms with van der Waals surface area (Å²) in [7, 11) is 0. The molecule has 0 aliphatic heterocycles. The first-order valence-electron chi connectivity index (χ1n) is 5.00. The van der Waals surface area contributed by atoms with Crippen LogP contribution in [-0.2, 0) is 6.42 Å². The third-order valence-electron chi connectivity index (χ3n) is 2.27. The predicted octanol–water partition coefficient (Wildman–Crippen LogP) is 0.403. The SMILES string of the molecule is NC(=O)c1n[nH]c(Cc2ccc([N+](=O)[O-])cc2)n1. The van der Waals surface area contributed by atoms with Gasteiger partial charge in [0.05, 0.1) is 4.92 Å². The van der Waals surface area contributed by atoms with Gasteiger partial charge in [-0.2, -0.15) is 0 Å². The number of benzene rings is 1. The maximum absolute atomic E-state index is 10.8. The summed E-state index contributed by atoms with van der Waals surface area (Å²) in [5.74, 6) is -0.314. The number of amides is 1. The summed E-state index contributed by atoms with van der Waals surface area (Å²) in [6, 6.07) is 6.04. The highest BCUT2D eigenvalue weighted by Crippen LogP contribution is 2.13. The average Bonchev–Trinajstić information content (AvgIpc) is 2.78. The maximum Gasteiger partial charge on any atom is 0.288 e. The Bertz CT molecular complexity index is 590. The van der Waals surface area contributed by atoms with Crippen molar-refractivity contribution in [1.29, 1.82) is 0 Å². The van der Waals surface area contributed by atoms with Crippen LogP contribution in [0.3, 0.4) is 0 Å². The highest BCUT2D eigenvalue weighted by atomic mass is 16.6. The number of carbonyl (C=O) groups excluding carboxylic acids is 1. The van der Waals surface area contributed by atoms with Crippen molar-refractivity contribution >= 4 is 11.6 Å². The van der Waals surface area contributed by atoms with E-state index in [-0.39, 0.29) is 11.5 Å². The topological polar surface area (TPSA) is 128 Å². The Morgan fingerprint density at radius 1 is 1.39 bits per heavy atom. The molecule has 0 saturated heterocycles. The number of nitrogens with one attached hydrogen (secondary N) is 1. The number of non-ortho nitro benzene ring substituents is 1. The van der Waals surface area contributed by atoms with E-state index in [1.54, 1.807) is 12.1 Å². The van der Waals surface area contributed by atoms with Crippen molar-refractivity contribution in [3.63, 3.8) is 0 Å². The van der Waals surface area contributed by atoms with Crippen LogP contribution in [0, 0.1) is 10.1 Å². The number of aromatic nitrogens is 3. The van der Waals surface area contributed by atoms with Crippen molar-refractivity contribution in [2.45, 2.75) is 6.42 Å². The van der Waals surface area contributed by atoms with E-state index in [1.807, 2.05) is 0 Å². The summed E-state index contributed by atoms with van der Waals surface area (Å²) in [6.07, 6.45) is 0.387. The largest absolute Gasteiger partial charge is 0.363 e. The normalized spacial score (nSPS) is 10.2. The Morgan fingerprint density at radius 3 is 2.56 bits per heavy atom. The van der Waals surface area contributed by atoms with Gasteiger partial charge in [0.2, 0.25) is 5.82 Å². The van der Waals surface area contributed by atoms with E-state index < -0.39 is 10.8 Å². The number of hydrogen-bond donors (Lipinski definition) is 2. The predicted molar refractivity (Wildman–Crippen MR) is 60.8 cm³/mol. The molecule has 8 nitrogen and oxygen atoms in total. The summed E-state index contributed by atoms with van der Waals surface area (Å²) in [4.78, 5) is 24.7. The fourth-order valence-electron chi connectivity index (χ4n) is 1.41. The molecular weight excluding hydrogens is 238 g/mol. The summed E-state index contributed by atoms with van der Waals surface area (Å²) in [6.45, 7) is 0. The average molecular weight is 247 g/mol. The summed E-state index contributed by atoms with van der Waals surface area (Å²) in [5, 5.41) is 16.7. The van der Waals surface area contributed by atoms with Crippen molar-refractivity contribution in [2.75, 3.05) is 0 Å². The van der Waals surface area contributed by atoms with Crippen LogP contribution in [0.5, 0.6) is 0 Å². The van der Waals surface area contributed by atoms with Gasteiger partial charge in [0.25, 0.3) is 11.6 Å². The Kier molecular flexibility index (Phi) is 3.00. The van der Waals surface area contributed by atoms with Crippen molar-refractivity contribution < 1.29 is 9.72 Å². The van der Waals surface area contributed by atoms with Crippen LogP contribution in [0.4, 0.5) is 5.69 Å². The fourth-order valence-corrected chi connectivity index (χ4v) is 1.41. The smallest absolute Gasteiger partial charge is 0.288 e. The highest BCUT2D eigenvalue weighted by molar-refractivity contribution is 5.88. The minimum atomic E-state index is -0.707. The molecule has 1 aromatic carbocycles. The van der Waals surface area contributed by atoms with E-state index >= 15 is 0 Å². The van der Waals surface area contributed by atoms with Crippen LogP contribution in [0.1, 0.15) is 22.0 Å². The Morgan fingerprint density at radius 2 is 2.06 bits per heavy atom. The Labute approximate surface area is 101 Å². The second kappa shape index (κ2) is 4.62. The number of H-pyrrole nitrogens is 1. The number of nitrogens with two attached hydrogens (primary N) is 1. The van der Waals surface area contributed by atoms with Crippen LogP contribution < -0.4 is 5.73 Å². The molecule has 0 fully saturated rings. The zero-order valence-electron chi connectivity index (χ0n) is 9.16. The van der Waals surface area contributed by atoms with E-state index in [4.69, 9.17) is 5.73 Å². The Balaban J connectivity index is 2.13. The molecule has 3 N–H and O–H groups in total. The second-order valence-electron chi connectivity index (χ2n) is 3.57. The molecule has 0 aliphatic rings. The lowest BCUT2D eigenvalue weighted by molar-refractivity contribution is -0.384. The number of nitro benzene ring substituents is 1. The van der Waals surface area contributed by atoms with Crippen LogP contribution >= 0.6 is 0 Å². The van der Waals surface area contributed by atoms with Gasteiger partial charge in [-0.25, -0.2) is 4.98 Å². The molecular formula is C10H9N5O3. The van der Waals surface area contributed by atoms with Gasteiger partial charge >= 0.3 is 0 Å². The molecule has 0 radical (unpaired) electrons. The standard InChI is InChI=1S/C10H9N5O3/c11-9(16)10-12-8(13-14-10)5-6-1-3-7(4-2-6)15(17)18/h1-4H,5H2,(H2,11,16)(H,12,13,14). The zero-order chi connectivity index (χ0) is 13.1. The third kappa shape index (κ3) is 2.48. The van der Waals surface area contributed by atoms with Gasteiger partial charge in [-0.05, 0) is 5.56 Å². The van der Waals surface area contributed by atoms with Crippen LogP contribution in [0.2, 0.25) is 0 Å². The molecule has 0 saturated carbocycles. The number of primary amides is 1. The van der Waals surface area contributed by atoms with Gasteiger partial charge in [0.15, 0.2) is 0 Å². The number of aromatic amines is 1. The third-order valence-corrected chi connectivity index (χ3v) is 2.27. The van der Waals surface area contributed by atoms with E-state index in [2.05, 4.69) is 15.2 Å². The van der Waals surface area contributed by atoms with Gasteiger partial charge in [0, 0.05) is 18.6 Å². The molecule has 2 rings (SSSR count). The van der Waals surface area contributed by atoms with Gasteiger partial charge in [-0.1, -0.05) is 12.1 Å². The van der Waals surface area contributed by atoms with Crippen molar-refractivity contribution in [1.82, 2.24) is 15.2 Å². The van der Waals surface area contributed by atoms with E-state index in [9.17, 15) is 14.9 Å². The lowest BCUT2D eigenvalue weighted by atomic mass is 10.1. The number of nitrogens with zero attached hydrogens (tertiary/aromatic N) is 3. The molecule has 1 amide bonds. The van der Waals surface area contributed by atoms with Crippen LogP contribution in [-0.4, -0.2) is 26.0 Å². The fraction of sp³-hybridized carbons (Fsp3) is 0.100. The van der Waals surface area contributed by atoms with Crippen LogP contribution in [0.15, 0.2) is 24.3 Å². The molecule has 0 aliphatic carbocycles. The van der Waals surface area contributed by atoms with Crippen molar-refractivity contribution in [3.05, 3.63) is 51.6 Å². The number of hydrogen-bond acceptors (Lipinski definition) is 5. The first-order chi connectivity index (χ1) is 8.56. The van der Waals surface area contributed by atoms with Crippen LogP contribution in [0.25, 0.3) is 0 Å². The zero-order valence-corrected chi connectivity index (χ0v) is 9.16. The lowest BCUT2D eigenvalue weighted by Gasteiger charge is -1.97. The molecule has 0 spiro atoms. The maximum atomic E-state index is 10.8. The molecule has 18 heavy (non-hydrogen) atoms. The van der Waals surface area contributed by atoms with E-state index in [0.29, 0.717) is 12.2 Å². The summed E-state index contributed by atoms with van der Waals surface area (Å²) < 4.78 is 0.